The number of para-hydroxylation sites is 1. The van der Waals surface area contributed by atoms with Crippen molar-refractivity contribution in [2.24, 2.45) is 5.41 Å². The number of anilines is 1. The van der Waals surface area contributed by atoms with Gasteiger partial charge in [0.25, 0.3) is 0 Å². The van der Waals surface area contributed by atoms with E-state index in [1.54, 1.807) is 50.4 Å². The summed E-state index contributed by atoms with van der Waals surface area (Å²) in [5, 5.41) is 14.6. The van der Waals surface area contributed by atoms with Crippen molar-refractivity contribution >= 4 is 29.3 Å². The van der Waals surface area contributed by atoms with Crippen LogP contribution in [0, 0.1) is 22.6 Å². The smallest absolute Gasteiger partial charge is 0.336 e. The molecule has 44 heavy (non-hydrogen) atoms. The lowest BCUT2D eigenvalue weighted by Gasteiger charge is -2.37. The van der Waals surface area contributed by atoms with Gasteiger partial charge in [-0.25, -0.2) is 4.39 Å². The molecule has 2 N–H and O–H groups in total. The van der Waals surface area contributed by atoms with E-state index in [0.29, 0.717) is 11.3 Å². The number of benzene rings is 2. The van der Waals surface area contributed by atoms with Crippen molar-refractivity contribution < 1.29 is 36.7 Å². The average Bonchev–Trinajstić information content (AvgIpc) is 3.48. The van der Waals surface area contributed by atoms with Crippen molar-refractivity contribution in [1.82, 2.24) is 15.1 Å². The second kappa shape index (κ2) is 11.9. The number of hydrogen-bond acceptors (Lipinski definition) is 5. The third kappa shape index (κ3) is 6.54. The van der Waals surface area contributed by atoms with Crippen LogP contribution >= 0.6 is 0 Å². The van der Waals surface area contributed by atoms with Gasteiger partial charge in [-0.3, -0.25) is 19.2 Å². The SMILES string of the molecule is CN(C(=O)[C@H](Cc1ccc(F)cc1)NC(=O)C(F)(F)F)[C@@H](CC(C)(C)C)C(=O)N1C[C@]2(C[C@H]1C#N)C(=O)Nc1ccccc12. The number of halogens is 4. The van der Waals surface area contributed by atoms with E-state index in [9.17, 15) is 42.0 Å². The first-order valence-electron chi connectivity index (χ1n) is 14.0. The molecule has 4 rings (SSSR count). The van der Waals surface area contributed by atoms with Crippen molar-refractivity contribution in [1.29, 1.82) is 5.26 Å². The molecule has 0 bridgehead atoms. The first-order valence-corrected chi connectivity index (χ1v) is 14.0. The molecular formula is C31H33F4N5O4. The fourth-order valence-electron chi connectivity index (χ4n) is 5.84. The zero-order valence-corrected chi connectivity index (χ0v) is 24.7. The predicted molar refractivity (Wildman–Crippen MR) is 151 cm³/mol. The van der Waals surface area contributed by atoms with Crippen molar-refractivity contribution in [3.63, 3.8) is 0 Å². The fourth-order valence-corrected chi connectivity index (χ4v) is 5.84. The number of nitrogens with one attached hydrogen (secondary N) is 2. The molecule has 1 saturated heterocycles. The van der Waals surface area contributed by atoms with Crippen molar-refractivity contribution in [3.05, 3.63) is 65.5 Å². The van der Waals surface area contributed by atoms with Gasteiger partial charge in [0.1, 0.15) is 23.9 Å². The minimum atomic E-state index is -5.29. The third-order valence-corrected chi connectivity index (χ3v) is 8.04. The second-order valence-corrected chi connectivity index (χ2v) is 12.5. The number of alkyl halides is 3. The van der Waals surface area contributed by atoms with E-state index in [1.165, 1.54) is 24.1 Å². The largest absolute Gasteiger partial charge is 0.471 e. The van der Waals surface area contributed by atoms with Crippen LogP contribution in [-0.4, -0.2) is 71.3 Å². The van der Waals surface area contributed by atoms with Crippen LogP contribution in [0.3, 0.4) is 0 Å². The van der Waals surface area contributed by atoms with Gasteiger partial charge in [0.2, 0.25) is 17.7 Å². The summed E-state index contributed by atoms with van der Waals surface area (Å²) in [7, 11) is 1.25. The molecule has 13 heteroatoms. The summed E-state index contributed by atoms with van der Waals surface area (Å²) < 4.78 is 53.2. The summed E-state index contributed by atoms with van der Waals surface area (Å²) in [6.07, 6.45) is -5.63. The number of hydrogen-bond donors (Lipinski definition) is 2. The van der Waals surface area contributed by atoms with Gasteiger partial charge >= 0.3 is 12.1 Å². The molecule has 0 saturated carbocycles. The highest BCUT2D eigenvalue weighted by atomic mass is 19.4. The molecular weight excluding hydrogens is 582 g/mol. The Labute approximate surface area is 252 Å². The standard InChI is InChI=1S/C31H33F4N5O4/c1-29(2,3)15-24(26(42)40-17-30(14-20(40)16-36)21-7-5-6-8-22(21)37-27(30)43)39(4)25(41)23(38-28(44)31(33,34)35)13-18-9-11-19(32)12-10-18/h5-12,20,23-24H,13-15,17H2,1-4H3,(H,37,43)(H,38,44)/t20-,23-,24-,30-/m0/s1. The number of carbonyl (C=O) groups is 4. The number of fused-ring (bicyclic) bond motifs is 2. The quantitative estimate of drug-likeness (QED) is 0.460. The van der Waals surface area contributed by atoms with E-state index in [-0.39, 0.29) is 30.9 Å². The first-order chi connectivity index (χ1) is 20.5. The lowest BCUT2D eigenvalue weighted by Crippen LogP contribution is -2.58. The number of amides is 4. The maximum Gasteiger partial charge on any atom is 0.471 e. The lowest BCUT2D eigenvalue weighted by atomic mass is 9.80. The van der Waals surface area contributed by atoms with Crippen LogP contribution in [0.4, 0.5) is 23.2 Å². The minimum Gasteiger partial charge on any atom is -0.336 e. The summed E-state index contributed by atoms with van der Waals surface area (Å²) in [5.41, 5.74) is -0.269. The topological polar surface area (TPSA) is 123 Å². The van der Waals surface area contributed by atoms with Gasteiger partial charge in [0, 0.05) is 32.1 Å². The monoisotopic (exact) mass is 615 g/mol. The molecule has 2 aliphatic heterocycles. The molecule has 9 nitrogen and oxygen atoms in total. The highest BCUT2D eigenvalue weighted by Crippen LogP contribution is 2.46. The molecule has 0 unspecified atom stereocenters. The third-order valence-electron chi connectivity index (χ3n) is 8.04. The van der Waals surface area contributed by atoms with Gasteiger partial charge < -0.3 is 20.4 Å². The van der Waals surface area contributed by atoms with E-state index < -0.39 is 65.1 Å². The number of carbonyl (C=O) groups excluding carboxylic acids is 4. The van der Waals surface area contributed by atoms with Crippen LogP contribution in [0.5, 0.6) is 0 Å². The molecule has 0 aromatic heterocycles. The normalized spacial score (nSPS) is 20.8. The predicted octanol–water partition coefficient (Wildman–Crippen LogP) is 3.69. The molecule has 4 atom stereocenters. The Morgan fingerprint density at radius 3 is 2.36 bits per heavy atom. The molecule has 2 aliphatic rings. The Morgan fingerprint density at radius 1 is 1.14 bits per heavy atom. The summed E-state index contributed by atoms with van der Waals surface area (Å²) in [4.78, 5) is 55.4. The first kappa shape index (κ1) is 32.4. The van der Waals surface area contributed by atoms with Crippen LogP contribution in [-0.2, 0) is 31.0 Å². The number of likely N-dealkylation sites (N-methyl/N-ethyl adjacent to an activating group) is 1. The molecule has 234 valence electrons. The van der Waals surface area contributed by atoms with E-state index in [4.69, 9.17) is 0 Å². The average molecular weight is 616 g/mol. The summed E-state index contributed by atoms with van der Waals surface area (Å²) in [5.74, 6) is -4.94. The van der Waals surface area contributed by atoms with E-state index in [1.807, 2.05) is 0 Å². The number of nitrogens with zero attached hydrogens (tertiary/aromatic N) is 3. The van der Waals surface area contributed by atoms with Crippen molar-refractivity contribution in [2.75, 3.05) is 18.9 Å². The summed E-state index contributed by atoms with van der Waals surface area (Å²) >= 11 is 0. The number of nitriles is 1. The van der Waals surface area contributed by atoms with Gasteiger partial charge in [-0.2, -0.15) is 18.4 Å². The van der Waals surface area contributed by atoms with Gasteiger partial charge in [-0.1, -0.05) is 51.1 Å². The highest BCUT2D eigenvalue weighted by Gasteiger charge is 2.57. The van der Waals surface area contributed by atoms with Gasteiger partial charge in [0.05, 0.1) is 11.5 Å². The maximum atomic E-state index is 14.2. The fraction of sp³-hybridized carbons (Fsp3) is 0.452. The zero-order chi connectivity index (χ0) is 32.6. The summed E-state index contributed by atoms with van der Waals surface area (Å²) in [6.45, 7) is 5.28. The van der Waals surface area contributed by atoms with E-state index in [2.05, 4.69) is 11.4 Å². The van der Waals surface area contributed by atoms with Crippen LogP contribution < -0.4 is 10.6 Å². The van der Waals surface area contributed by atoms with Crippen molar-refractivity contribution in [2.45, 2.75) is 69.8 Å². The molecule has 1 fully saturated rings. The van der Waals surface area contributed by atoms with E-state index in [0.717, 1.165) is 17.0 Å². The molecule has 4 amide bonds. The lowest BCUT2D eigenvalue weighted by molar-refractivity contribution is -0.175. The van der Waals surface area contributed by atoms with Gasteiger partial charge in [-0.15, -0.1) is 0 Å². The van der Waals surface area contributed by atoms with Crippen LogP contribution in [0.2, 0.25) is 0 Å². The molecule has 0 radical (unpaired) electrons. The van der Waals surface area contributed by atoms with E-state index >= 15 is 0 Å². The Balaban J connectivity index is 1.67. The zero-order valence-electron chi connectivity index (χ0n) is 24.7. The highest BCUT2D eigenvalue weighted by molar-refractivity contribution is 6.07. The molecule has 2 aromatic rings. The Kier molecular flexibility index (Phi) is 8.77. The Bertz CT molecular complexity index is 1500. The van der Waals surface area contributed by atoms with Crippen LogP contribution in [0.1, 0.15) is 44.7 Å². The second-order valence-electron chi connectivity index (χ2n) is 12.5. The maximum absolute atomic E-state index is 14.2. The van der Waals surface area contributed by atoms with Crippen LogP contribution in [0.25, 0.3) is 0 Å². The minimum absolute atomic E-state index is 0.0207. The van der Waals surface area contributed by atoms with Gasteiger partial charge in [0.15, 0.2) is 0 Å². The Hall–Kier alpha value is -4.47. The number of rotatable bonds is 7. The van der Waals surface area contributed by atoms with Crippen LogP contribution in [0.15, 0.2) is 48.5 Å². The molecule has 2 aromatic carbocycles. The number of likely N-dealkylation sites (tertiary alicyclic amines) is 1. The molecule has 2 heterocycles. The van der Waals surface area contributed by atoms with Crippen molar-refractivity contribution in [3.8, 4) is 6.07 Å². The summed E-state index contributed by atoms with van der Waals surface area (Å²) in [6, 6.07) is 9.73. The van der Waals surface area contributed by atoms with Gasteiger partial charge in [-0.05, 0) is 41.2 Å². The molecule has 1 spiro atoms. The molecule has 0 aliphatic carbocycles. The Morgan fingerprint density at radius 2 is 1.77 bits per heavy atom.